The Morgan fingerprint density at radius 1 is 1.60 bits per heavy atom. The first-order valence-corrected chi connectivity index (χ1v) is 4.97. The second-order valence-corrected chi connectivity index (χ2v) is 3.58. The van der Waals surface area contributed by atoms with Crippen LogP contribution in [-0.2, 0) is 4.79 Å². The zero-order valence-electron chi connectivity index (χ0n) is 8.35. The molecule has 0 saturated heterocycles. The highest BCUT2D eigenvalue weighted by Gasteiger charge is 2.10. The van der Waals surface area contributed by atoms with Crippen LogP contribution >= 0.6 is 0 Å². The molecule has 80 valence electrons. The summed E-state index contributed by atoms with van der Waals surface area (Å²) >= 11 is 0. The van der Waals surface area contributed by atoms with Crippen LogP contribution in [0.1, 0.15) is 19.3 Å². The van der Waals surface area contributed by atoms with Gasteiger partial charge in [-0.25, -0.2) is 0 Å². The smallest absolute Gasteiger partial charge is 0.303 e. The molecule has 2 heterocycles. The molecule has 0 spiro atoms. The van der Waals surface area contributed by atoms with Gasteiger partial charge in [0, 0.05) is 24.9 Å². The molecule has 4 heteroatoms. The topological polar surface area (TPSA) is 51.5 Å². The summed E-state index contributed by atoms with van der Waals surface area (Å²) in [6.45, 7) is 0.573. The van der Waals surface area contributed by atoms with Crippen molar-refractivity contribution in [2.45, 2.75) is 19.3 Å². The van der Waals surface area contributed by atoms with Crippen molar-refractivity contribution in [1.29, 1.82) is 0 Å². The van der Waals surface area contributed by atoms with Gasteiger partial charge < -0.3 is 9.84 Å². The van der Waals surface area contributed by atoms with Gasteiger partial charge in [0.05, 0.1) is 0 Å². The summed E-state index contributed by atoms with van der Waals surface area (Å²) in [6, 6.07) is 3.83. The number of aliphatic carboxylic acids is 1. The van der Waals surface area contributed by atoms with Gasteiger partial charge in [-0.15, -0.1) is 0 Å². The van der Waals surface area contributed by atoms with E-state index < -0.39 is 5.97 Å². The Kier molecular flexibility index (Phi) is 2.76. The van der Waals surface area contributed by atoms with Crippen molar-refractivity contribution >= 4 is 12.2 Å². The summed E-state index contributed by atoms with van der Waals surface area (Å²) in [5, 5.41) is 8.51. The first-order valence-electron chi connectivity index (χ1n) is 4.97. The molecule has 1 aliphatic rings. The molecule has 15 heavy (non-hydrogen) atoms. The largest absolute Gasteiger partial charge is 0.481 e. The minimum Gasteiger partial charge on any atom is -0.481 e. The van der Waals surface area contributed by atoms with E-state index in [0.717, 1.165) is 17.9 Å². The van der Waals surface area contributed by atoms with E-state index in [9.17, 15) is 4.79 Å². The van der Waals surface area contributed by atoms with Gasteiger partial charge in [-0.05, 0) is 24.5 Å². The maximum absolute atomic E-state index is 10.3. The zero-order valence-corrected chi connectivity index (χ0v) is 8.35. The van der Waals surface area contributed by atoms with Gasteiger partial charge in [0.2, 0.25) is 0 Å². The molecular formula is C11H13NO3. The molecule has 0 saturated carbocycles. The van der Waals surface area contributed by atoms with Crippen LogP contribution in [0, 0.1) is 0 Å². The van der Waals surface area contributed by atoms with Crippen LogP contribution in [0.5, 0.6) is 5.88 Å². The fourth-order valence-corrected chi connectivity index (χ4v) is 1.61. The molecule has 1 aromatic rings. The van der Waals surface area contributed by atoms with Gasteiger partial charge in [0.25, 0.3) is 0 Å². The molecule has 0 aliphatic carbocycles. The molecule has 1 N–H and O–H groups in total. The lowest BCUT2D eigenvalue weighted by Crippen LogP contribution is -2.10. The fraction of sp³-hybridized carbons (Fsp3) is 0.364. The molecule has 2 rings (SSSR count). The first-order chi connectivity index (χ1) is 7.25. The molecule has 0 atom stereocenters. The molecule has 0 aromatic carbocycles. The third-order valence-corrected chi connectivity index (χ3v) is 2.36. The molecule has 0 amide bonds. The Labute approximate surface area is 87.8 Å². The van der Waals surface area contributed by atoms with Crippen LogP contribution in [0.3, 0.4) is 0 Å². The van der Waals surface area contributed by atoms with Crippen molar-refractivity contribution in [2.75, 3.05) is 6.61 Å². The first kappa shape index (κ1) is 9.83. The summed E-state index contributed by atoms with van der Waals surface area (Å²) in [4.78, 5) is 10.3. The average Bonchev–Trinajstić information content (AvgIpc) is 2.64. The van der Waals surface area contributed by atoms with E-state index in [1.807, 2.05) is 29.1 Å². The number of fused-ring (bicyclic) bond motifs is 1. The number of rotatable bonds is 4. The Hall–Kier alpha value is -1.71. The van der Waals surface area contributed by atoms with Crippen molar-refractivity contribution in [1.82, 2.24) is 4.57 Å². The normalized spacial score (nSPS) is 14.0. The van der Waals surface area contributed by atoms with Gasteiger partial charge in [-0.3, -0.25) is 9.36 Å². The number of hydrogen-bond donors (Lipinski definition) is 1. The number of hydrogen-bond acceptors (Lipinski definition) is 2. The second-order valence-electron chi connectivity index (χ2n) is 3.58. The van der Waals surface area contributed by atoms with Crippen LogP contribution in [0.2, 0.25) is 0 Å². The Morgan fingerprint density at radius 2 is 2.47 bits per heavy atom. The van der Waals surface area contributed by atoms with Gasteiger partial charge in [0.1, 0.15) is 6.61 Å². The molecule has 0 fully saturated rings. The van der Waals surface area contributed by atoms with E-state index in [-0.39, 0.29) is 6.42 Å². The SMILES string of the molecule is O=C(O)CCCC1=Cn2cccc2OC1. The van der Waals surface area contributed by atoms with Crippen LogP contribution in [0.25, 0.3) is 6.20 Å². The average molecular weight is 207 g/mol. The number of nitrogens with zero attached hydrogens (tertiary/aromatic N) is 1. The molecule has 0 bridgehead atoms. The van der Waals surface area contributed by atoms with E-state index in [1.54, 1.807) is 0 Å². The lowest BCUT2D eigenvalue weighted by molar-refractivity contribution is -0.137. The number of carbonyl (C=O) groups is 1. The maximum atomic E-state index is 10.3. The third kappa shape index (κ3) is 2.40. The monoisotopic (exact) mass is 207 g/mol. The highest BCUT2D eigenvalue weighted by Crippen LogP contribution is 2.21. The van der Waals surface area contributed by atoms with Crippen molar-refractivity contribution in [2.24, 2.45) is 0 Å². The predicted octanol–water partition coefficient (Wildman–Crippen LogP) is 1.98. The summed E-state index contributed by atoms with van der Waals surface area (Å²) < 4.78 is 7.40. The van der Waals surface area contributed by atoms with Crippen LogP contribution in [0.4, 0.5) is 0 Å². The Balaban J connectivity index is 1.92. The number of carboxylic acid groups (broad SMARTS) is 1. The minimum absolute atomic E-state index is 0.218. The summed E-state index contributed by atoms with van der Waals surface area (Å²) in [5.74, 6) is 0.103. The van der Waals surface area contributed by atoms with Gasteiger partial charge >= 0.3 is 5.97 Å². The lowest BCUT2D eigenvalue weighted by atomic mass is 10.1. The van der Waals surface area contributed by atoms with Crippen molar-refractivity contribution < 1.29 is 14.6 Å². The van der Waals surface area contributed by atoms with Crippen LogP contribution in [-0.4, -0.2) is 22.2 Å². The quantitative estimate of drug-likeness (QED) is 0.821. The lowest BCUT2D eigenvalue weighted by Gasteiger charge is -2.16. The number of ether oxygens (including phenoxy) is 1. The molecule has 0 radical (unpaired) electrons. The van der Waals surface area contributed by atoms with Gasteiger partial charge in [-0.2, -0.15) is 0 Å². The summed E-state index contributed by atoms with van der Waals surface area (Å²) in [5.41, 5.74) is 1.14. The summed E-state index contributed by atoms with van der Waals surface area (Å²) in [6.07, 6.45) is 5.60. The van der Waals surface area contributed by atoms with Crippen molar-refractivity contribution in [3.05, 3.63) is 23.9 Å². The Morgan fingerprint density at radius 3 is 3.27 bits per heavy atom. The predicted molar refractivity (Wildman–Crippen MR) is 55.7 cm³/mol. The standard InChI is InChI=1S/C11H13NO3/c13-11(14)5-1-3-9-7-12-6-2-4-10(12)15-8-9/h2,4,6-7H,1,3,5,8H2,(H,13,14). The highest BCUT2D eigenvalue weighted by atomic mass is 16.5. The van der Waals surface area contributed by atoms with Crippen molar-refractivity contribution in [3.8, 4) is 5.88 Å². The fourth-order valence-electron chi connectivity index (χ4n) is 1.61. The van der Waals surface area contributed by atoms with E-state index in [0.29, 0.717) is 13.0 Å². The molecular weight excluding hydrogens is 194 g/mol. The van der Waals surface area contributed by atoms with Crippen molar-refractivity contribution in [3.63, 3.8) is 0 Å². The second kappa shape index (κ2) is 4.21. The maximum Gasteiger partial charge on any atom is 0.303 e. The molecule has 0 unspecified atom stereocenters. The summed E-state index contributed by atoms with van der Waals surface area (Å²) in [7, 11) is 0. The number of aromatic nitrogens is 1. The van der Waals surface area contributed by atoms with E-state index in [4.69, 9.17) is 9.84 Å². The molecule has 4 nitrogen and oxygen atoms in total. The minimum atomic E-state index is -0.742. The Bertz CT molecular complexity index is 392. The van der Waals surface area contributed by atoms with Crippen LogP contribution in [0.15, 0.2) is 23.9 Å². The van der Waals surface area contributed by atoms with E-state index >= 15 is 0 Å². The number of carboxylic acids is 1. The van der Waals surface area contributed by atoms with Gasteiger partial charge in [0.15, 0.2) is 5.88 Å². The van der Waals surface area contributed by atoms with Gasteiger partial charge in [-0.1, -0.05) is 0 Å². The van der Waals surface area contributed by atoms with E-state index in [1.165, 1.54) is 0 Å². The third-order valence-electron chi connectivity index (χ3n) is 2.36. The zero-order chi connectivity index (χ0) is 10.7. The molecule has 1 aliphatic heterocycles. The molecule has 1 aromatic heterocycles. The van der Waals surface area contributed by atoms with Crippen LogP contribution < -0.4 is 4.74 Å². The highest BCUT2D eigenvalue weighted by molar-refractivity contribution is 5.66. The van der Waals surface area contributed by atoms with E-state index in [2.05, 4.69) is 0 Å².